The molecule has 2 rings (SSSR count). The Hall–Kier alpha value is -1.55. The van der Waals surface area contributed by atoms with E-state index in [-0.39, 0.29) is 5.91 Å². The first kappa shape index (κ1) is 15.8. The third-order valence-corrected chi connectivity index (χ3v) is 3.97. The Kier molecular flexibility index (Phi) is 6.05. The van der Waals surface area contributed by atoms with E-state index in [1.54, 1.807) is 0 Å². The van der Waals surface area contributed by atoms with Crippen molar-refractivity contribution in [2.75, 3.05) is 30.3 Å². The molecular formula is C17H27N3O. The summed E-state index contributed by atoms with van der Waals surface area (Å²) in [7, 11) is 0. The van der Waals surface area contributed by atoms with Crippen LogP contribution in [0.5, 0.6) is 0 Å². The number of likely N-dealkylation sites (tertiary alicyclic amines) is 1. The molecule has 0 aliphatic carbocycles. The van der Waals surface area contributed by atoms with Crippen molar-refractivity contribution in [3.8, 4) is 0 Å². The number of benzene rings is 1. The van der Waals surface area contributed by atoms with Gasteiger partial charge in [0.25, 0.3) is 0 Å². The molecule has 0 atom stereocenters. The summed E-state index contributed by atoms with van der Waals surface area (Å²) in [6.45, 7) is 7.67. The summed E-state index contributed by atoms with van der Waals surface area (Å²) in [5, 5.41) is 6.50. The van der Waals surface area contributed by atoms with Crippen molar-refractivity contribution in [1.29, 1.82) is 0 Å². The van der Waals surface area contributed by atoms with Crippen LogP contribution in [0.2, 0.25) is 0 Å². The second-order valence-electron chi connectivity index (χ2n) is 5.74. The van der Waals surface area contributed by atoms with E-state index in [0.717, 1.165) is 11.4 Å². The number of hydrogen-bond acceptors (Lipinski definition) is 3. The summed E-state index contributed by atoms with van der Waals surface area (Å²) >= 11 is 0. The zero-order chi connectivity index (χ0) is 15.1. The Morgan fingerprint density at radius 3 is 2.62 bits per heavy atom. The lowest BCUT2D eigenvalue weighted by molar-refractivity contribution is -0.115. The molecule has 1 aliphatic rings. The van der Waals surface area contributed by atoms with E-state index in [0.29, 0.717) is 12.5 Å². The van der Waals surface area contributed by atoms with Gasteiger partial charge in [0.1, 0.15) is 0 Å². The van der Waals surface area contributed by atoms with Crippen molar-refractivity contribution in [2.24, 2.45) is 0 Å². The standard InChI is InChI=1S/C17H27N3O/c1-3-10-20-11-8-14(9-12-20)18-15-6-5-7-16(13-15)19-17(21)4-2/h5-7,13-14,18H,3-4,8-12H2,1-2H3,(H,19,21). The number of piperidine rings is 1. The lowest BCUT2D eigenvalue weighted by Crippen LogP contribution is -2.39. The zero-order valence-electron chi connectivity index (χ0n) is 13.2. The molecule has 21 heavy (non-hydrogen) atoms. The minimum atomic E-state index is 0.0556. The third kappa shape index (κ3) is 5.05. The van der Waals surface area contributed by atoms with Crippen LogP contribution in [-0.2, 0) is 4.79 Å². The number of nitrogens with one attached hydrogen (secondary N) is 2. The van der Waals surface area contributed by atoms with E-state index in [9.17, 15) is 4.79 Å². The van der Waals surface area contributed by atoms with E-state index in [1.807, 2.05) is 25.1 Å². The van der Waals surface area contributed by atoms with Crippen molar-refractivity contribution in [1.82, 2.24) is 4.90 Å². The zero-order valence-corrected chi connectivity index (χ0v) is 13.2. The van der Waals surface area contributed by atoms with Crippen molar-refractivity contribution in [3.05, 3.63) is 24.3 Å². The van der Waals surface area contributed by atoms with E-state index in [2.05, 4.69) is 28.5 Å². The normalized spacial score (nSPS) is 16.7. The summed E-state index contributed by atoms with van der Waals surface area (Å²) in [5.41, 5.74) is 1.97. The van der Waals surface area contributed by atoms with E-state index in [1.165, 1.54) is 38.9 Å². The highest BCUT2D eigenvalue weighted by atomic mass is 16.1. The molecule has 116 valence electrons. The summed E-state index contributed by atoms with van der Waals surface area (Å²) in [6.07, 6.45) is 4.11. The Morgan fingerprint density at radius 2 is 1.95 bits per heavy atom. The first-order valence-electron chi connectivity index (χ1n) is 8.10. The predicted molar refractivity (Wildman–Crippen MR) is 88.7 cm³/mol. The minimum absolute atomic E-state index is 0.0556. The number of hydrogen-bond donors (Lipinski definition) is 2. The molecule has 1 heterocycles. The average Bonchev–Trinajstić information content (AvgIpc) is 2.50. The Morgan fingerprint density at radius 1 is 1.24 bits per heavy atom. The topological polar surface area (TPSA) is 44.4 Å². The van der Waals surface area contributed by atoms with E-state index < -0.39 is 0 Å². The Bertz CT molecular complexity index is 453. The molecule has 4 heteroatoms. The highest BCUT2D eigenvalue weighted by Gasteiger charge is 2.18. The van der Waals surface area contributed by atoms with Crippen molar-refractivity contribution < 1.29 is 4.79 Å². The molecule has 2 N–H and O–H groups in total. The van der Waals surface area contributed by atoms with Gasteiger partial charge >= 0.3 is 0 Å². The van der Waals surface area contributed by atoms with Crippen molar-refractivity contribution in [3.63, 3.8) is 0 Å². The van der Waals surface area contributed by atoms with Gasteiger partial charge in [0, 0.05) is 36.9 Å². The van der Waals surface area contributed by atoms with Crippen LogP contribution in [-0.4, -0.2) is 36.5 Å². The molecule has 1 aromatic rings. The molecular weight excluding hydrogens is 262 g/mol. The first-order chi connectivity index (χ1) is 10.2. The van der Waals surface area contributed by atoms with Crippen LogP contribution < -0.4 is 10.6 Å². The van der Waals surface area contributed by atoms with Gasteiger partial charge in [-0.2, -0.15) is 0 Å². The number of carbonyl (C=O) groups excluding carboxylic acids is 1. The smallest absolute Gasteiger partial charge is 0.224 e. The van der Waals surface area contributed by atoms with Gasteiger partial charge in [-0.05, 0) is 44.0 Å². The molecule has 0 saturated carbocycles. The predicted octanol–water partition coefficient (Wildman–Crippen LogP) is 3.32. The lowest BCUT2D eigenvalue weighted by atomic mass is 10.0. The highest BCUT2D eigenvalue weighted by molar-refractivity contribution is 5.90. The van der Waals surface area contributed by atoms with Crippen molar-refractivity contribution in [2.45, 2.75) is 45.6 Å². The highest BCUT2D eigenvalue weighted by Crippen LogP contribution is 2.20. The maximum atomic E-state index is 11.4. The fourth-order valence-electron chi connectivity index (χ4n) is 2.79. The molecule has 0 spiro atoms. The van der Waals surface area contributed by atoms with Gasteiger partial charge in [-0.1, -0.05) is 19.9 Å². The molecule has 0 radical (unpaired) electrons. The van der Waals surface area contributed by atoms with Crippen LogP contribution in [0.25, 0.3) is 0 Å². The molecule has 1 saturated heterocycles. The fourth-order valence-corrected chi connectivity index (χ4v) is 2.79. The summed E-state index contributed by atoms with van der Waals surface area (Å²) in [6, 6.07) is 8.55. The second-order valence-corrected chi connectivity index (χ2v) is 5.74. The molecule has 1 aliphatic heterocycles. The van der Waals surface area contributed by atoms with Gasteiger partial charge in [0.15, 0.2) is 0 Å². The van der Waals surface area contributed by atoms with E-state index >= 15 is 0 Å². The van der Waals surface area contributed by atoms with Crippen molar-refractivity contribution >= 4 is 17.3 Å². The van der Waals surface area contributed by atoms with Gasteiger partial charge in [0.05, 0.1) is 0 Å². The molecule has 4 nitrogen and oxygen atoms in total. The number of anilines is 2. The van der Waals surface area contributed by atoms with Crippen LogP contribution in [0.1, 0.15) is 39.5 Å². The Labute approximate surface area is 127 Å². The monoisotopic (exact) mass is 289 g/mol. The third-order valence-electron chi connectivity index (χ3n) is 3.97. The molecule has 1 aromatic carbocycles. The number of amides is 1. The molecule has 1 fully saturated rings. The van der Waals surface area contributed by atoms with Gasteiger partial charge < -0.3 is 15.5 Å². The van der Waals surface area contributed by atoms with Crippen LogP contribution in [0.3, 0.4) is 0 Å². The minimum Gasteiger partial charge on any atom is -0.382 e. The largest absolute Gasteiger partial charge is 0.382 e. The maximum Gasteiger partial charge on any atom is 0.224 e. The summed E-state index contributed by atoms with van der Waals surface area (Å²) in [5.74, 6) is 0.0556. The number of rotatable bonds is 6. The molecule has 0 bridgehead atoms. The second kappa shape index (κ2) is 8.03. The average molecular weight is 289 g/mol. The van der Waals surface area contributed by atoms with Gasteiger partial charge in [-0.25, -0.2) is 0 Å². The number of nitrogens with zero attached hydrogens (tertiary/aromatic N) is 1. The van der Waals surface area contributed by atoms with Gasteiger partial charge in [-0.3, -0.25) is 4.79 Å². The summed E-state index contributed by atoms with van der Waals surface area (Å²) < 4.78 is 0. The van der Waals surface area contributed by atoms with Crippen LogP contribution in [0, 0.1) is 0 Å². The first-order valence-corrected chi connectivity index (χ1v) is 8.10. The SMILES string of the molecule is CCCN1CCC(Nc2cccc(NC(=O)CC)c2)CC1. The van der Waals surface area contributed by atoms with Gasteiger partial charge in [-0.15, -0.1) is 0 Å². The number of carbonyl (C=O) groups is 1. The molecule has 0 aromatic heterocycles. The van der Waals surface area contributed by atoms with Crippen LogP contribution >= 0.6 is 0 Å². The Balaban J connectivity index is 1.86. The van der Waals surface area contributed by atoms with E-state index in [4.69, 9.17) is 0 Å². The fraction of sp³-hybridized carbons (Fsp3) is 0.588. The lowest BCUT2D eigenvalue weighted by Gasteiger charge is -2.32. The van der Waals surface area contributed by atoms with Crippen LogP contribution in [0.15, 0.2) is 24.3 Å². The molecule has 1 amide bonds. The quantitative estimate of drug-likeness (QED) is 0.844. The summed E-state index contributed by atoms with van der Waals surface area (Å²) in [4.78, 5) is 14.0. The molecule has 0 unspecified atom stereocenters. The maximum absolute atomic E-state index is 11.4. The van der Waals surface area contributed by atoms with Gasteiger partial charge in [0.2, 0.25) is 5.91 Å². The van der Waals surface area contributed by atoms with Crippen LogP contribution in [0.4, 0.5) is 11.4 Å².